The summed E-state index contributed by atoms with van der Waals surface area (Å²) in [6, 6.07) is 1.42. The first-order valence-corrected chi connectivity index (χ1v) is 26.8. The monoisotopic (exact) mass is 1040 g/mol. The Morgan fingerprint density at radius 2 is 1.18 bits per heavy atom. The number of amides is 7. The molecule has 2 rings (SSSR count). The number of Topliss-reactive ketones (excluding diaryl/α,β-unsaturated/α-hetero) is 2. The first-order chi connectivity index (χ1) is 35.3. The number of ketones is 2. The van der Waals surface area contributed by atoms with Crippen LogP contribution < -0.4 is 54.4 Å². The first-order valence-electron chi connectivity index (χ1n) is 26.8. The molecule has 0 aromatic heterocycles. The number of aliphatic hydroxyl groups excluding tert-OH is 2. The molecule has 21 nitrogen and oxygen atoms in total. The number of carbonyl (C=O) groups excluding carboxylic acids is 9. The predicted octanol–water partition coefficient (Wildman–Crippen LogP) is 0.441. The molecule has 1 aromatic rings. The fourth-order valence-corrected chi connectivity index (χ4v) is 8.83. The topological polar surface area (TPSA) is 356 Å². The Labute approximate surface area is 437 Å². The van der Waals surface area contributed by atoms with E-state index in [1.807, 2.05) is 27.7 Å². The molecule has 74 heavy (non-hydrogen) atoms. The molecule has 1 aromatic carbocycles. The Bertz CT molecular complexity index is 1920. The molecule has 418 valence electrons. The number of carbonyl (C=O) groups is 9. The van der Waals surface area contributed by atoms with Gasteiger partial charge in [-0.25, -0.2) is 0 Å². The third kappa shape index (κ3) is 24.8. The molecule has 0 aliphatic carbocycles. The Morgan fingerprint density at radius 3 is 1.76 bits per heavy atom. The van der Waals surface area contributed by atoms with Crippen molar-refractivity contribution in [3.05, 3.63) is 35.9 Å². The van der Waals surface area contributed by atoms with E-state index in [2.05, 4.69) is 44.1 Å². The second-order valence-corrected chi connectivity index (χ2v) is 20.5. The van der Waals surface area contributed by atoms with Gasteiger partial charge in [-0.1, -0.05) is 97.1 Å². The van der Waals surface area contributed by atoms with Gasteiger partial charge < -0.3 is 64.6 Å². The normalized spacial score (nSPS) is 23.2. The standard InChI is InChI=1S/C53H90N10O11/c1-6-7-8-9-13-17-38(65)31-47(68)58-44(32-64)46(67)29-36-21-25-57-50(71)42(26-33(2)3)63-51(72)40(18-14-22-54)60-52(73)41(20-24-56)61-53(74)43(27-34(4)5)62-49(70)37(28-35-15-11-10-12-16-35)30-45(66)39(19-23-55)59-48(36)69/h10-12,15-16,33-34,36-44,64-65H,6-9,13-14,17-32,54-56H2,1-5H3,(H,57,71)(H,58,68)(H,59,69)(H,60,73)(H,61,74)(H,62,70)(H,63,72)/t36-,37+,38-,39+,40+,41+,42+,43+,44-/m1/s1. The zero-order valence-corrected chi connectivity index (χ0v) is 44.6. The van der Waals surface area contributed by atoms with Crippen LogP contribution in [0.2, 0.25) is 0 Å². The van der Waals surface area contributed by atoms with Gasteiger partial charge in [0, 0.05) is 31.2 Å². The molecular weight excluding hydrogens is 953 g/mol. The minimum atomic E-state index is -1.45. The van der Waals surface area contributed by atoms with E-state index in [9.17, 15) is 53.4 Å². The fourth-order valence-electron chi connectivity index (χ4n) is 8.83. The number of benzene rings is 1. The van der Waals surface area contributed by atoms with Gasteiger partial charge >= 0.3 is 0 Å². The van der Waals surface area contributed by atoms with Crippen molar-refractivity contribution >= 4 is 52.9 Å². The summed E-state index contributed by atoms with van der Waals surface area (Å²) < 4.78 is 0. The van der Waals surface area contributed by atoms with Gasteiger partial charge in [0.25, 0.3) is 0 Å². The van der Waals surface area contributed by atoms with E-state index < -0.39 is 127 Å². The number of rotatable bonds is 26. The molecule has 1 saturated heterocycles. The minimum Gasteiger partial charge on any atom is -0.394 e. The van der Waals surface area contributed by atoms with Crippen LogP contribution in [0.3, 0.4) is 0 Å². The molecule has 1 heterocycles. The summed E-state index contributed by atoms with van der Waals surface area (Å²) >= 11 is 0. The van der Waals surface area contributed by atoms with Crippen molar-refractivity contribution in [2.75, 3.05) is 32.8 Å². The molecule has 21 heteroatoms. The van der Waals surface area contributed by atoms with Crippen LogP contribution in [-0.2, 0) is 49.6 Å². The lowest BCUT2D eigenvalue weighted by molar-refractivity contribution is -0.136. The van der Waals surface area contributed by atoms with E-state index in [-0.39, 0.29) is 89.4 Å². The van der Waals surface area contributed by atoms with Crippen molar-refractivity contribution in [2.24, 2.45) is 40.9 Å². The number of nitrogens with two attached hydrogens (primary N) is 3. The van der Waals surface area contributed by atoms with Gasteiger partial charge in [-0.2, -0.15) is 0 Å². The van der Waals surface area contributed by atoms with Crippen LogP contribution in [0.25, 0.3) is 0 Å². The predicted molar refractivity (Wildman–Crippen MR) is 281 cm³/mol. The molecule has 0 spiro atoms. The highest BCUT2D eigenvalue weighted by Gasteiger charge is 2.36. The summed E-state index contributed by atoms with van der Waals surface area (Å²) in [4.78, 5) is 126. The molecule has 9 atom stereocenters. The highest BCUT2D eigenvalue weighted by Crippen LogP contribution is 2.19. The largest absolute Gasteiger partial charge is 0.394 e. The first kappa shape index (κ1) is 64.8. The van der Waals surface area contributed by atoms with Crippen molar-refractivity contribution < 1.29 is 53.4 Å². The van der Waals surface area contributed by atoms with E-state index in [0.29, 0.717) is 24.8 Å². The van der Waals surface area contributed by atoms with Gasteiger partial charge in [0.05, 0.1) is 25.2 Å². The zero-order valence-electron chi connectivity index (χ0n) is 44.6. The van der Waals surface area contributed by atoms with E-state index in [1.165, 1.54) is 0 Å². The van der Waals surface area contributed by atoms with Gasteiger partial charge in [-0.15, -0.1) is 0 Å². The molecule has 0 bridgehead atoms. The molecule has 7 amide bonds. The molecule has 0 radical (unpaired) electrons. The summed E-state index contributed by atoms with van der Waals surface area (Å²) in [6.45, 7) is 8.49. The molecule has 15 N–H and O–H groups in total. The third-order valence-corrected chi connectivity index (χ3v) is 13.0. The van der Waals surface area contributed by atoms with Crippen LogP contribution in [0, 0.1) is 23.7 Å². The van der Waals surface area contributed by atoms with Crippen molar-refractivity contribution in [1.29, 1.82) is 0 Å². The highest BCUT2D eigenvalue weighted by atomic mass is 16.3. The number of hydrogen-bond donors (Lipinski definition) is 12. The van der Waals surface area contributed by atoms with E-state index in [1.54, 1.807) is 30.3 Å². The fraction of sp³-hybridized carbons (Fsp3) is 0.717. The van der Waals surface area contributed by atoms with Crippen molar-refractivity contribution in [2.45, 2.75) is 186 Å². The molecular formula is C53H90N10O11. The Balaban J connectivity index is 2.67. The quantitative estimate of drug-likeness (QED) is 0.0561. The summed E-state index contributed by atoms with van der Waals surface area (Å²) in [5, 5.41) is 39.8. The van der Waals surface area contributed by atoms with Gasteiger partial charge in [0.1, 0.15) is 30.2 Å². The highest BCUT2D eigenvalue weighted by molar-refractivity contribution is 5.98. The molecule has 1 aliphatic heterocycles. The van der Waals surface area contributed by atoms with Crippen LogP contribution in [0.4, 0.5) is 0 Å². The van der Waals surface area contributed by atoms with Crippen molar-refractivity contribution in [3.63, 3.8) is 0 Å². The number of nitrogens with one attached hydrogen (secondary N) is 7. The lowest BCUT2D eigenvalue weighted by atomic mass is 9.89. The average Bonchev–Trinajstić information content (AvgIpc) is 3.34. The maximum Gasteiger partial charge on any atom is 0.243 e. The van der Waals surface area contributed by atoms with Crippen LogP contribution in [0.15, 0.2) is 30.3 Å². The average molecular weight is 1040 g/mol. The molecule has 0 unspecified atom stereocenters. The Kier molecular flexibility index (Phi) is 31.3. The second kappa shape index (κ2) is 35.8. The van der Waals surface area contributed by atoms with Gasteiger partial charge in [-0.05, 0) is 94.8 Å². The molecule has 1 fully saturated rings. The summed E-state index contributed by atoms with van der Waals surface area (Å²) in [6.07, 6.45) is 3.29. The van der Waals surface area contributed by atoms with Crippen LogP contribution in [0.5, 0.6) is 0 Å². The van der Waals surface area contributed by atoms with E-state index in [4.69, 9.17) is 17.2 Å². The van der Waals surface area contributed by atoms with Crippen LogP contribution in [0.1, 0.15) is 143 Å². The van der Waals surface area contributed by atoms with Gasteiger partial charge in [-0.3, -0.25) is 43.2 Å². The Hall–Kier alpha value is -5.35. The van der Waals surface area contributed by atoms with Gasteiger partial charge in [0.2, 0.25) is 41.4 Å². The Morgan fingerprint density at radius 1 is 0.649 bits per heavy atom. The van der Waals surface area contributed by atoms with E-state index >= 15 is 0 Å². The van der Waals surface area contributed by atoms with Crippen LogP contribution >= 0.6 is 0 Å². The summed E-state index contributed by atoms with van der Waals surface area (Å²) in [5.41, 5.74) is 18.4. The van der Waals surface area contributed by atoms with E-state index in [0.717, 1.165) is 25.7 Å². The molecule has 0 saturated carbocycles. The maximum atomic E-state index is 14.4. The smallest absolute Gasteiger partial charge is 0.243 e. The number of aliphatic hydroxyl groups is 2. The zero-order chi connectivity index (χ0) is 55.2. The summed E-state index contributed by atoms with van der Waals surface area (Å²) in [7, 11) is 0. The SMILES string of the molecule is CCCCCCC[C@@H](O)CC(=O)N[C@H](CO)C(=O)C[C@H]1CCNC(=O)[C@H](CC(C)C)NC(=O)[C@H](CCCN)NC(=O)[C@H](CCN)NC(=O)[C@H](CC(C)C)NC(=O)[C@@H](Cc2ccccc2)CC(=O)[C@H](CCN)NC1=O. The molecule has 1 aliphatic rings. The van der Waals surface area contributed by atoms with Gasteiger partial charge in [0.15, 0.2) is 11.6 Å². The number of unbranched alkanes of at least 4 members (excludes halogenated alkanes) is 4. The van der Waals surface area contributed by atoms with Crippen molar-refractivity contribution in [1.82, 2.24) is 37.2 Å². The lowest BCUT2D eigenvalue weighted by Crippen LogP contribution is -2.59. The third-order valence-electron chi connectivity index (χ3n) is 13.0. The summed E-state index contributed by atoms with van der Waals surface area (Å²) in [5.74, 6) is -8.77. The van der Waals surface area contributed by atoms with Crippen LogP contribution in [-0.4, -0.2) is 138 Å². The number of hydrogen-bond acceptors (Lipinski definition) is 14. The maximum absolute atomic E-state index is 14.4. The minimum absolute atomic E-state index is 0.0321. The van der Waals surface area contributed by atoms with Crippen molar-refractivity contribution in [3.8, 4) is 0 Å². The second-order valence-electron chi connectivity index (χ2n) is 20.5. The lowest BCUT2D eigenvalue weighted by Gasteiger charge is -2.28.